The van der Waals surface area contributed by atoms with Crippen molar-refractivity contribution >= 4 is 24.2 Å². The van der Waals surface area contributed by atoms with Crippen molar-refractivity contribution in [3.63, 3.8) is 0 Å². The zero-order valence-electron chi connectivity index (χ0n) is 14.1. The first-order chi connectivity index (χ1) is 11.9. The Balaban J connectivity index is 0.00000243. The second-order valence-electron chi connectivity index (χ2n) is 6.44. The molecule has 5 nitrogen and oxygen atoms in total. The van der Waals surface area contributed by atoms with E-state index in [4.69, 9.17) is 0 Å². The maximum atomic E-state index is 13.8. The number of nitrogens with one attached hydrogen (secondary N) is 1. The molecule has 1 aromatic rings. The molecule has 2 aliphatic heterocycles. The third-order valence-electron chi connectivity index (χ3n) is 4.61. The summed E-state index contributed by atoms with van der Waals surface area (Å²) in [5.41, 5.74) is -0.000576. The van der Waals surface area contributed by atoms with Crippen molar-refractivity contribution in [2.24, 2.45) is 0 Å². The zero-order valence-corrected chi connectivity index (χ0v) is 14.9. The Labute approximate surface area is 155 Å². The van der Waals surface area contributed by atoms with Crippen LogP contribution < -0.4 is 5.32 Å². The number of carbonyl (C=O) groups is 2. The number of nitrogens with zero attached hydrogens (tertiary/aromatic N) is 2. The minimum Gasteiger partial charge on any atom is -0.339 e. The zero-order chi connectivity index (χ0) is 18.0. The summed E-state index contributed by atoms with van der Waals surface area (Å²) in [6.45, 7) is 0.800. The van der Waals surface area contributed by atoms with Crippen LogP contribution in [0.15, 0.2) is 24.3 Å². The molecule has 1 aromatic carbocycles. The van der Waals surface area contributed by atoms with Gasteiger partial charge in [-0.3, -0.25) is 14.9 Å². The van der Waals surface area contributed by atoms with E-state index in [1.54, 1.807) is 6.07 Å². The summed E-state index contributed by atoms with van der Waals surface area (Å²) >= 11 is 0. The average Bonchev–Trinajstić information content (AvgIpc) is 2.80. The monoisotopic (exact) mass is 391 g/mol. The quantitative estimate of drug-likeness (QED) is 0.838. The van der Waals surface area contributed by atoms with Crippen molar-refractivity contribution in [3.05, 3.63) is 35.6 Å². The van der Waals surface area contributed by atoms with Gasteiger partial charge in [-0.1, -0.05) is 12.1 Å². The molecule has 2 aliphatic rings. The van der Waals surface area contributed by atoms with E-state index in [1.165, 1.54) is 28.0 Å². The molecule has 2 saturated heterocycles. The first-order valence-electron chi connectivity index (χ1n) is 8.31. The summed E-state index contributed by atoms with van der Waals surface area (Å²) in [5, 5.41) is 2.56. The Morgan fingerprint density at radius 1 is 1.08 bits per heavy atom. The van der Waals surface area contributed by atoms with Gasteiger partial charge in [0, 0.05) is 32.6 Å². The first kappa shape index (κ1) is 20.5. The van der Waals surface area contributed by atoms with Gasteiger partial charge in [0.2, 0.25) is 5.91 Å². The van der Waals surface area contributed by atoms with Crippen molar-refractivity contribution in [2.75, 3.05) is 32.7 Å². The molecule has 144 valence electrons. The number of amides is 2. The second kappa shape index (κ2) is 8.26. The number of hydrogen-bond donors (Lipinski definition) is 1. The predicted molar refractivity (Wildman–Crippen MR) is 92.1 cm³/mol. The van der Waals surface area contributed by atoms with E-state index >= 15 is 0 Å². The van der Waals surface area contributed by atoms with Gasteiger partial charge >= 0.3 is 0 Å². The topological polar surface area (TPSA) is 52.7 Å². The minimum atomic E-state index is -2.86. The van der Waals surface area contributed by atoms with E-state index in [-0.39, 0.29) is 37.0 Å². The number of carbonyl (C=O) groups excluding carboxylic acids is 2. The number of halogens is 4. The van der Waals surface area contributed by atoms with E-state index in [1.807, 2.05) is 0 Å². The van der Waals surface area contributed by atoms with Crippen LogP contribution in [0.25, 0.3) is 0 Å². The minimum absolute atomic E-state index is 0. The molecule has 2 heterocycles. The second-order valence-corrected chi connectivity index (χ2v) is 6.44. The van der Waals surface area contributed by atoms with Gasteiger partial charge in [0.05, 0.1) is 18.2 Å². The standard InChI is InChI=1S/C17H20F3N3O2.ClH/c18-13-5-2-1-4-12(13)15(24)22-6-3-7-23(9-8-22)16(25)14-10-17(19,20)11-21-14;/h1-2,4-5,14,21H,3,6-11H2;1H. The molecule has 2 fully saturated rings. The van der Waals surface area contributed by atoms with Crippen LogP contribution in [0.4, 0.5) is 13.2 Å². The van der Waals surface area contributed by atoms with Gasteiger partial charge in [0.1, 0.15) is 5.82 Å². The number of alkyl halides is 2. The Kier molecular flexibility index (Phi) is 6.52. The maximum absolute atomic E-state index is 13.8. The largest absolute Gasteiger partial charge is 0.339 e. The molecule has 1 unspecified atom stereocenters. The number of rotatable bonds is 2. The highest BCUT2D eigenvalue weighted by molar-refractivity contribution is 5.94. The molecule has 3 rings (SSSR count). The van der Waals surface area contributed by atoms with Crippen LogP contribution in [0.2, 0.25) is 0 Å². The molecular weight excluding hydrogens is 371 g/mol. The van der Waals surface area contributed by atoms with E-state index in [0.29, 0.717) is 19.5 Å². The first-order valence-corrected chi connectivity index (χ1v) is 8.31. The van der Waals surface area contributed by atoms with Gasteiger partial charge in [-0.2, -0.15) is 0 Å². The van der Waals surface area contributed by atoms with Crippen molar-refractivity contribution in [2.45, 2.75) is 24.8 Å². The number of benzene rings is 1. The Hall–Kier alpha value is -1.80. The lowest BCUT2D eigenvalue weighted by molar-refractivity contribution is -0.133. The lowest BCUT2D eigenvalue weighted by Crippen LogP contribution is -2.45. The predicted octanol–water partition coefficient (Wildman–Crippen LogP) is 1.92. The van der Waals surface area contributed by atoms with Crippen molar-refractivity contribution in [1.29, 1.82) is 0 Å². The van der Waals surface area contributed by atoms with Crippen LogP contribution in [-0.4, -0.2) is 66.3 Å². The van der Waals surface area contributed by atoms with E-state index in [2.05, 4.69) is 5.32 Å². The lowest BCUT2D eigenvalue weighted by Gasteiger charge is -2.24. The summed E-state index contributed by atoms with van der Waals surface area (Å²) < 4.78 is 40.3. The van der Waals surface area contributed by atoms with Crippen LogP contribution in [-0.2, 0) is 4.79 Å². The molecule has 26 heavy (non-hydrogen) atoms. The van der Waals surface area contributed by atoms with Crippen LogP contribution in [0.1, 0.15) is 23.2 Å². The molecule has 0 aliphatic carbocycles. The van der Waals surface area contributed by atoms with Gasteiger partial charge in [-0.25, -0.2) is 13.2 Å². The Morgan fingerprint density at radius 2 is 1.73 bits per heavy atom. The molecule has 1 atom stereocenters. The molecule has 0 radical (unpaired) electrons. The molecule has 0 spiro atoms. The smallest absolute Gasteiger partial charge is 0.262 e. The maximum Gasteiger partial charge on any atom is 0.262 e. The van der Waals surface area contributed by atoms with Gasteiger partial charge in [0.15, 0.2) is 0 Å². The summed E-state index contributed by atoms with van der Waals surface area (Å²) in [4.78, 5) is 27.9. The lowest BCUT2D eigenvalue weighted by atomic mass is 10.1. The van der Waals surface area contributed by atoms with Gasteiger partial charge < -0.3 is 9.80 Å². The van der Waals surface area contributed by atoms with Crippen molar-refractivity contribution in [1.82, 2.24) is 15.1 Å². The summed E-state index contributed by atoms with van der Waals surface area (Å²) in [7, 11) is 0. The Morgan fingerprint density at radius 3 is 2.38 bits per heavy atom. The Bertz CT molecular complexity index is 674. The third kappa shape index (κ3) is 4.48. The van der Waals surface area contributed by atoms with Crippen molar-refractivity contribution < 1.29 is 22.8 Å². The normalized spacial score (nSPS) is 22.5. The molecule has 2 amide bonds. The van der Waals surface area contributed by atoms with Gasteiger partial charge in [-0.15, -0.1) is 12.4 Å². The molecule has 0 saturated carbocycles. The fourth-order valence-corrected chi connectivity index (χ4v) is 3.26. The molecule has 0 bridgehead atoms. The van der Waals surface area contributed by atoms with Crippen LogP contribution in [0, 0.1) is 5.82 Å². The summed E-state index contributed by atoms with van der Waals surface area (Å²) in [5.74, 6) is -4.23. The summed E-state index contributed by atoms with van der Waals surface area (Å²) in [6, 6.07) is 4.88. The highest BCUT2D eigenvalue weighted by atomic mass is 35.5. The van der Waals surface area contributed by atoms with E-state index in [9.17, 15) is 22.8 Å². The third-order valence-corrected chi connectivity index (χ3v) is 4.61. The average molecular weight is 392 g/mol. The number of hydrogen-bond acceptors (Lipinski definition) is 3. The summed E-state index contributed by atoms with van der Waals surface area (Å²) in [6.07, 6.45) is 0.0231. The fraction of sp³-hybridized carbons (Fsp3) is 0.529. The van der Waals surface area contributed by atoms with Crippen LogP contribution in [0.3, 0.4) is 0 Å². The molecular formula is C17H21ClF3N3O2. The van der Waals surface area contributed by atoms with Crippen LogP contribution in [0.5, 0.6) is 0 Å². The van der Waals surface area contributed by atoms with E-state index in [0.717, 1.165) is 0 Å². The molecule has 0 aromatic heterocycles. The fourth-order valence-electron chi connectivity index (χ4n) is 3.26. The SMILES string of the molecule is Cl.O=C(c1ccccc1F)N1CCCN(C(=O)C2CC(F)(F)CN2)CC1. The van der Waals surface area contributed by atoms with Crippen LogP contribution >= 0.6 is 12.4 Å². The van der Waals surface area contributed by atoms with E-state index < -0.39 is 36.7 Å². The van der Waals surface area contributed by atoms with Gasteiger partial charge in [0.25, 0.3) is 11.8 Å². The molecule has 1 N–H and O–H groups in total. The van der Waals surface area contributed by atoms with Crippen molar-refractivity contribution in [3.8, 4) is 0 Å². The highest BCUT2D eigenvalue weighted by Crippen LogP contribution is 2.26. The highest BCUT2D eigenvalue weighted by Gasteiger charge is 2.43. The molecule has 9 heteroatoms. The van der Waals surface area contributed by atoms with Gasteiger partial charge in [-0.05, 0) is 18.6 Å².